The molecule has 0 saturated heterocycles. The van der Waals surface area contributed by atoms with Crippen molar-refractivity contribution in [2.45, 2.75) is 45.7 Å². The minimum atomic E-state index is -4.30. The third-order valence-electron chi connectivity index (χ3n) is 3.02. The fourth-order valence-electron chi connectivity index (χ4n) is 2.12. The number of aromatic nitrogens is 2. The van der Waals surface area contributed by atoms with Gasteiger partial charge in [-0.15, -0.1) is 0 Å². The molecule has 1 aromatic rings. The van der Waals surface area contributed by atoms with E-state index in [4.69, 9.17) is 5.73 Å². The molecule has 0 bridgehead atoms. The Morgan fingerprint density at radius 3 is 2.05 bits per heavy atom. The fraction of sp³-hybridized carbons (Fsp3) is 0.714. The normalized spacial score (nSPS) is 11.9. The summed E-state index contributed by atoms with van der Waals surface area (Å²) in [4.78, 5) is 8.85. The van der Waals surface area contributed by atoms with E-state index < -0.39 is 12.8 Å². The number of alkyl halides is 3. The van der Waals surface area contributed by atoms with Gasteiger partial charge in [0.05, 0.1) is 6.61 Å². The molecule has 1 rings (SSSR count). The van der Waals surface area contributed by atoms with Crippen LogP contribution >= 0.6 is 0 Å². The zero-order valence-electron chi connectivity index (χ0n) is 12.5. The van der Waals surface area contributed by atoms with Gasteiger partial charge in [-0.05, 0) is 31.4 Å². The highest BCUT2D eigenvalue weighted by atomic mass is 19.4. The fourth-order valence-corrected chi connectivity index (χ4v) is 2.12. The average molecular weight is 305 g/mol. The molecule has 0 fully saturated rings. The molecule has 1 heterocycles. The standard InChI is InChI=1S/C14H22F3N3O/c1-3-11-10(5-7-18)12(4-2)20-13(19-11)6-8-21-9-14(15,16)17/h3-9,18H2,1-2H3. The number of nitrogens with zero attached hydrogens (tertiary/aromatic N) is 2. The van der Waals surface area contributed by atoms with Gasteiger partial charge in [0.15, 0.2) is 0 Å². The third kappa shape index (κ3) is 5.97. The molecule has 0 aliphatic rings. The molecule has 0 atom stereocenters. The summed E-state index contributed by atoms with van der Waals surface area (Å²) in [5, 5.41) is 0. The Morgan fingerprint density at radius 1 is 1.05 bits per heavy atom. The Hall–Kier alpha value is -1.21. The van der Waals surface area contributed by atoms with Gasteiger partial charge >= 0.3 is 6.18 Å². The molecule has 0 saturated carbocycles. The second-order valence-corrected chi connectivity index (χ2v) is 4.68. The van der Waals surface area contributed by atoms with Crippen LogP contribution in [-0.4, -0.2) is 35.9 Å². The van der Waals surface area contributed by atoms with Crippen molar-refractivity contribution in [1.29, 1.82) is 0 Å². The highest BCUT2D eigenvalue weighted by Gasteiger charge is 2.27. The Bertz CT molecular complexity index is 425. The van der Waals surface area contributed by atoms with E-state index in [0.717, 1.165) is 36.2 Å². The summed E-state index contributed by atoms with van der Waals surface area (Å²) in [5.74, 6) is 0.534. The first-order valence-electron chi connectivity index (χ1n) is 7.13. The van der Waals surface area contributed by atoms with Crippen LogP contribution in [0.5, 0.6) is 0 Å². The van der Waals surface area contributed by atoms with Gasteiger partial charge in [0.25, 0.3) is 0 Å². The minimum absolute atomic E-state index is 0.0396. The highest BCUT2D eigenvalue weighted by Crippen LogP contribution is 2.16. The zero-order chi connectivity index (χ0) is 15.9. The monoisotopic (exact) mass is 305 g/mol. The van der Waals surface area contributed by atoms with Crippen LogP contribution in [0, 0.1) is 0 Å². The quantitative estimate of drug-likeness (QED) is 0.748. The first-order valence-corrected chi connectivity index (χ1v) is 7.13. The summed E-state index contributed by atoms with van der Waals surface area (Å²) in [6.07, 6.45) is -1.80. The largest absolute Gasteiger partial charge is 0.411 e. The Labute approximate surface area is 122 Å². The lowest BCUT2D eigenvalue weighted by Gasteiger charge is -2.13. The predicted octanol–water partition coefficient (Wildman–Crippen LogP) is 2.22. The molecule has 0 radical (unpaired) electrons. The molecule has 7 heteroatoms. The van der Waals surface area contributed by atoms with Gasteiger partial charge in [-0.3, -0.25) is 0 Å². The van der Waals surface area contributed by atoms with Crippen LogP contribution in [0.15, 0.2) is 0 Å². The molecule has 2 N–H and O–H groups in total. The lowest BCUT2D eigenvalue weighted by Crippen LogP contribution is -2.19. The van der Waals surface area contributed by atoms with Crippen LogP contribution in [0.3, 0.4) is 0 Å². The van der Waals surface area contributed by atoms with Crippen LogP contribution in [0.4, 0.5) is 13.2 Å². The summed E-state index contributed by atoms with van der Waals surface area (Å²) in [7, 11) is 0. The Morgan fingerprint density at radius 2 is 1.62 bits per heavy atom. The van der Waals surface area contributed by atoms with Crippen molar-refractivity contribution in [3.63, 3.8) is 0 Å². The molecule has 0 aliphatic heterocycles. The highest BCUT2D eigenvalue weighted by molar-refractivity contribution is 5.27. The molecule has 0 aromatic carbocycles. The lowest BCUT2D eigenvalue weighted by molar-refractivity contribution is -0.173. The Kier molecular flexibility index (Phi) is 7.04. The summed E-state index contributed by atoms with van der Waals surface area (Å²) in [6.45, 7) is 3.23. The lowest BCUT2D eigenvalue weighted by atomic mass is 10.0. The van der Waals surface area contributed by atoms with Gasteiger partial charge in [-0.2, -0.15) is 13.2 Å². The molecule has 1 aromatic heterocycles. The van der Waals surface area contributed by atoms with Crippen molar-refractivity contribution < 1.29 is 17.9 Å². The van der Waals surface area contributed by atoms with Crippen molar-refractivity contribution in [2.24, 2.45) is 5.73 Å². The smallest absolute Gasteiger partial charge is 0.372 e. The zero-order valence-corrected chi connectivity index (χ0v) is 12.5. The van der Waals surface area contributed by atoms with Crippen LogP contribution < -0.4 is 5.73 Å². The molecule has 21 heavy (non-hydrogen) atoms. The topological polar surface area (TPSA) is 61.0 Å². The molecule has 0 spiro atoms. The maximum Gasteiger partial charge on any atom is 0.411 e. The van der Waals surface area contributed by atoms with E-state index in [0.29, 0.717) is 12.4 Å². The summed E-state index contributed by atoms with van der Waals surface area (Å²) in [6, 6.07) is 0. The van der Waals surface area contributed by atoms with Crippen LogP contribution in [0.1, 0.15) is 36.6 Å². The number of hydrogen-bond donors (Lipinski definition) is 1. The van der Waals surface area contributed by atoms with Gasteiger partial charge in [-0.1, -0.05) is 13.8 Å². The summed E-state index contributed by atoms with van der Waals surface area (Å²) in [5.41, 5.74) is 8.53. The van der Waals surface area contributed by atoms with Crippen molar-refractivity contribution >= 4 is 0 Å². The number of halogens is 3. The van der Waals surface area contributed by atoms with Gasteiger partial charge in [0.1, 0.15) is 12.4 Å². The van der Waals surface area contributed by atoms with Gasteiger partial charge in [0, 0.05) is 17.8 Å². The number of rotatable bonds is 8. The van der Waals surface area contributed by atoms with Gasteiger partial charge < -0.3 is 10.5 Å². The second kappa shape index (κ2) is 8.29. The molecule has 4 nitrogen and oxygen atoms in total. The van der Waals surface area contributed by atoms with Crippen molar-refractivity contribution in [2.75, 3.05) is 19.8 Å². The van der Waals surface area contributed by atoms with Crippen LogP contribution in [0.2, 0.25) is 0 Å². The minimum Gasteiger partial charge on any atom is -0.372 e. The summed E-state index contributed by atoms with van der Waals surface area (Å²) >= 11 is 0. The molecular weight excluding hydrogens is 283 g/mol. The molecule has 120 valence electrons. The van der Waals surface area contributed by atoms with Gasteiger partial charge in [-0.25, -0.2) is 9.97 Å². The number of nitrogens with two attached hydrogens (primary N) is 1. The van der Waals surface area contributed by atoms with E-state index in [1.807, 2.05) is 13.8 Å². The third-order valence-corrected chi connectivity index (χ3v) is 3.02. The first-order chi connectivity index (χ1) is 9.91. The number of hydrogen-bond acceptors (Lipinski definition) is 4. The Balaban J connectivity index is 2.75. The van der Waals surface area contributed by atoms with E-state index in [2.05, 4.69) is 14.7 Å². The molecule has 0 unspecified atom stereocenters. The first kappa shape index (κ1) is 17.8. The molecular formula is C14H22F3N3O. The maximum atomic E-state index is 12.0. The van der Waals surface area contributed by atoms with Crippen molar-refractivity contribution in [3.05, 3.63) is 22.8 Å². The van der Waals surface area contributed by atoms with E-state index in [9.17, 15) is 13.2 Å². The number of aryl methyl sites for hydroxylation is 2. The van der Waals surface area contributed by atoms with E-state index in [1.54, 1.807) is 0 Å². The molecule has 0 amide bonds. The summed E-state index contributed by atoms with van der Waals surface area (Å²) < 4.78 is 40.6. The van der Waals surface area contributed by atoms with E-state index >= 15 is 0 Å². The van der Waals surface area contributed by atoms with E-state index in [-0.39, 0.29) is 13.0 Å². The van der Waals surface area contributed by atoms with Gasteiger partial charge in [0.2, 0.25) is 0 Å². The average Bonchev–Trinajstić information content (AvgIpc) is 2.43. The van der Waals surface area contributed by atoms with Crippen LogP contribution in [-0.2, 0) is 30.4 Å². The van der Waals surface area contributed by atoms with Crippen LogP contribution in [0.25, 0.3) is 0 Å². The second-order valence-electron chi connectivity index (χ2n) is 4.68. The maximum absolute atomic E-state index is 12.0. The van der Waals surface area contributed by atoms with E-state index in [1.165, 1.54) is 0 Å². The van der Waals surface area contributed by atoms with Crippen molar-refractivity contribution in [1.82, 2.24) is 9.97 Å². The molecule has 0 aliphatic carbocycles. The van der Waals surface area contributed by atoms with Crippen molar-refractivity contribution in [3.8, 4) is 0 Å². The SMILES string of the molecule is CCc1nc(CCOCC(F)(F)F)nc(CC)c1CCN. The predicted molar refractivity (Wildman–Crippen MR) is 74.1 cm³/mol. The number of ether oxygens (including phenoxy) is 1.